The lowest BCUT2D eigenvalue weighted by Crippen LogP contribution is -2.13. The molecule has 92 valence electrons. The van der Waals surface area contributed by atoms with Crippen molar-refractivity contribution >= 4 is 11.6 Å². The fourth-order valence-corrected chi connectivity index (χ4v) is 1.35. The van der Waals surface area contributed by atoms with Crippen molar-refractivity contribution in [3.05, 3.63) is 28.6 Å². The van der Waals surface area contributed by atoms with Crippen LogP contribution in [0.15, 0.2) is 6.07 Å². The van der Waals surface area contributed by atoms with Gasteiger partial charge < -0.3 is 0 Å². The van der Waals surface area contributed by atoms with Crippen LogP contribution in [0, 0.1) is 11.3 Å². The van der Waals surface area contributed by atoms with Gasteiger partial charge in [0.25, 0.3) is 6.43 Å². The smallest absolute Gasteiger partial charge is 0.240 e. The zero-order chi connectivity index (χ0) is 13.2. The fraction of sp³-hybridized carbons (Fsp3) is 0.333. The van der Waals surface area contributed by atoms with Crippen LogP contribution in [0.3, 0.4) is 0 Å². The minimum absolute atomic E-state index is 0.278. The largest absolute Gasteiger partial charge is 0.417 e. The number of hydrogen-bond donors (Lipinski definition) is 0. The van der Waals surface area contributed by atoms with Crippen molar-refractivity contribution in [2.24, 2.45) is 0 Å². The summed E-state index contributed by atoms with van der Waals surface area (Å²) in [6.07, 6.45) is -8.42. The van der Waals surface area contributed by atoms with Gasteiger partial charge in [-0.1, -0.05) is 0 Å². The molecule has 0 atom stereocenters. The first-order valence-corrected chi connectivity index (χ1v) is 4.70. The molecule has 0 spiro atoms. The lowest BCUT2D eigenvalue weighted by atomic mass is 10.1. The molecule has 17 heavy (non-hydrogen) atoms. The molecule has 1 aromatic heterocycles. The average molecular weight is 271 g/mol. The predicted octanol–water partition coefficient (Wildman–Crippen LogP) is 3.65. The molecule has 0 fully saturated rings. The Labute approximate surface area is 97.6 Å². The first kappa shape index (κ1) is 13.6. The third-order valence-electron chi connectivity index (χ3n) is 1.88. The summed E-state index contributed by atoms with van der Waals surface area (Å²) in [5.41, 5.74) is -4.21. The number of rotatable bonds is 2. The summed E-state index contributed by atoms with van der Waals surface area (Å²) in [5, 5.41) is 8.52. The first-order chi connectivity index (χ1) is 7.81. The van der Waals surface area contributed by atoms with Crippen LogP contribution in [0.1, 0.15) is 28.9 Å². The summed E-state index contributed by atoms with van der Waals surface area (Å²) in [6.45, 7) is 0. The van der Waals surface area contributed by atoms with E-state index in [2.05, 4.69) is 4.98 Å². The third-order valence-corrected chi connectivity index (χ3v) is 2.15. The standard InChI is InChI=1S/C9H4ClF5N2/c10-2-4-1-5(9(13,14)15)7(8(11)12)6(3-16)17-4/h1,8H,2H2. The van der Waals surface area contributed by atoms with Crippen LogP contribution in [0.5, 0.6) is 0 Å². The van der Waals surface area contributed by atoms with Crippen LogP contribution < -0.4 is 0 Å². The van der Waals surface area contributed by atoms with Gasteiger partial charge in [0.2, 0.25) is 0 Å². The molecule has 2 nitrogen and oxygen atoms in total. The highest BCUT2D eigenvalue weighted by atomic mass is 35.5. The van der Waals surface area contributed by atoms with E-state index in [1.54, 1.807) is 0 Å². The van der Waals surface area contributed by atoms with Crippen LogP contribution in [0.25, 0.3) is 0 Å². The molecule has 0 aromatic carbocycles. The molecule has 0 bridgehead atoms. The average Bonchev–Trinajstić information content (AvgIpc) is 2.25. The second-order valence-corrected chi connectivity index (χ2v) is 3.23. The molecule has 0 N–H and O–H groups in total. The Kier molecular flexibility index (Phi) is 3.88. The van der Waals surface area contributed by atoms with E-state index < -0.39 is 35.3 Å². The predicted molar refractivity (Wildman–Crippen MR) is 48.5 cm³/mol. The zero-order valence-electron chi connectivity index (χ0n) is 8.02. The van der Waals surface area contributed by atoms with E-state index in [1.807, 2.05) is 0 Å². The molecule has 0 saturated carbocycles. The monoisotopic (exact) mass is 270 g/mol. The number of aromatic nitrogens is 1. The summed E-state index contributed by atoms with van der Waals surface area (Å²) in [7, 11) is 0. The van der Waals surface area contributed by atoms with Crippen molar-refractivity contribution in [1.82, 2.24) is 4.98 Å². The minimum Gasteiger partial charge on any atom is -0.240 e. The van der Waals surface area contributed by atoms with E-state index in [4.69, 9.17) is 16.9 Å². The maximum Gasteiger partial charge on any atom is 0.417 e. The normalized spacial score (nSPS) is 11.6. The van der Waals surface area contributed by atoms with Crippen molar-refractivity contribution in [3.63, 3.8) is 0 Å². The lowest BCUT2D eigenvalue weighted by molar-refractivity contribution is -0.139. The van der Waals surface area contributed by atoms with Crippen molar-refractivity contribution in [2.45, 2.75) is 18.5 Å². The topological polar surface area (TPSA) is 36.7 Å². The molecular weight excluding hydrogens is 267 g/mol. The van der Waals surface area contributed by atoms with Crippen molar-refractivity contribution < 1.29 is 22.0 Å². The number of pyridine rings is 1. The number of alkyl halides is 6. The van der Waals surface area contributed by atoms with Gasteiger partial charge in [0.1, 0.15) is 11.8 Å². The van der Waals surface area contributed by atoms with Crippen LogP contribution in [-0.2, 0) is 12.1 Å². The van der Waals surface area contributed by atoms with E-state index in [0.717, 1.165) is 0 Å². The number of nitrogens with zero attached hydrogens (tertiary/aromatic N) is 2. The molecule has 1 rings (SSSR count). The van der Waals surface area contributed by atoms with E-state index in [-0.39, 0.29) is 5.69 Å². The van der Waals surface area contributed by atoms with Crippen LogP contribution >= 0.6 is 11.6 Å². The van der Waals surface area contributed by atoms with E-state index in [9.17, 15) is 22.0 Å². The van der Waals surface area contributed by atoms with Gasteiger partial charge in [-0.15, -0.1) is 11.6 Å². The van der Waals surface area contributed by atoms with Crippen LogP contribution in [0.2, 0.25) is 0 Å². The Balaban J connectivity index is 3.60. The molecule has 0 saturated heterocycles. The Morgan fingerprint density at radius 2 is 2.00 bits per heavy atom. The molecule has 8 heteroatoms. The van der Waals surface area contributed by atoms with Crippen molar-refractivity contribution in [3.8, 4) is 6.07 Å². The highest BCUT2D eigenvalue weighted by Crippen LogP contribution is 2.38. The summed E-state index contributed by atoms with van der Waals surface area (Å²) in [5.74, 6) is -0.402. The molecule has 0 aliphatic rings. The van der Waals surface area contributed by atoms with Crippen LogP contribution in [0.4, 0.5) is 22.0 Å². The second-order valence-electron chi connectivity index (χ2n) is 2.97. The molecule has 0 aliphatic heterocycles. The molecule has 0 amide bonds. The van der Waals surface area contributed by atoms with Crippen molar-refractivity contribution in [1.29, 1.82) is 5.26 Å². The summed E-state index contributed by atoms with van der Waals surface area (Å²) < 4.78 is 62.6. The van der Waals surface area contributed by atoms with E-state index in [0.29, 0.717) is 6.07 Å². The Morgan fingerprint density at radius 1 is 1.41 bits per heavy atom. The second kappa shape index (κ2) is 4.84. The molecule has 1 aromatic rings. The van der Waals surface area contributed by atoms with Gasteiger partial charge in [-0.25, -0.2) is 13.8 Å². The summed E-state index contributed by atoms with van der Waals surface area (Å²) in [6, 6.07) is 1.64. The highest BCUT2D eigenvalue weighted by molar-refractivity contribution is 6.16. The fourth-order valence-electron chi connectivity index (χ4n) is 1.22. The van der Waals surface area contributed by atoms with Gasteiger partial charge in [-0.2, -0.15) is 18.4 Å². The highest BCUT2D eigenvalue weighted by Gasteiger charge is 2.38. The van der Waals surface area contributed by atoms with Gasteiger partial charge >= 0.3 is 6.18 Å². The lowest BCUT2D eigenvalue weighted by Gasteiger charge is -2.14. The Bertz CT molecular complexity index is 464. The summed E-state index contributed by atoms with van der Waals surface area (Å²) >= 11 is 5.28. The van der Waals surface area contributed by atoms with Crippen LogP contribution in [-0.4, -0.2) is 4.98 Å². The number of hydrogen-bond acceptors (Lipinski definition) is 2. The van der Waals surface area contributed by atoms with Gasteiger partial charge in [-0.3, -0.25) is 0 Å². The molecule has 1 heterocycles. The quantitative estimate of drug-likeness (QED) is 0.607. The van der Waals surface area contributed by atoms with Gasteiger partial charge in [0.15, 0.2) is 0 Å². The van der Waals surface area contributed by atoms with Gasteiger partial charge in [0, 0.05) is 0 Å². The number of nitriles is 1. The third kappa shape index (κ3) is 2.82. The maximum absolute atomic E-state index is 12.5. The van der Waals surface area contributed by atoms with E-state index in [1.165, 1.54) is 6.07 Å². The minimum atomic E-state index is -4.99. The first-order valence-electron chi connectivity index (χ1n) is 4.16. The Morgan fingerprint density at radius 3 is 2.35 bits per heavy atom. The summed E-state index contributed by atoms with van der Waals surface area (Å²) in [4.78, 5) is 3.33. The van der Waals surface area contributed by atoms with E-state index >= 15 is 0 Å². The van der Waals surface area contributed by atoms with Gasteiger partial charge in [0.05, 0.1) is 22.7 Å². The SMILES string of the molecule is N#Cc1nc(CCl)cc(C(F)(F)F)c1C(F)F. The number of halogens is 6. The Hall–Kier alpha value is -1.42. The molecule has 0 aliphatic carbocycles. The maximum atomic E-state index is 12.5. The molecule has 0 unspecified atom stereocenters. The molecular formula is C9H4ClF5N2. The van der Waals surface area contributed by atoms with Gasteiger partial charge in [-0.05, 0) is 6.07 Å². The molecule has 0 radical (unpaired) electrons. The van der Waals surface area contributed by atoms with Crippen molar-refractivity contribution in [2.75, 3.05) is 0 Å². The zero-order valence-corrected chi connectivity index (χ0v) is 8.78.